The van der Waals surface area contributed by atoms with Gasteiger partial charge in [-0.05, 0) is 31.4 Å². The highest BCUT2D eigenvalue weighted by Crippen LogP contribution is 2.27. The monoisotopic (exact) mass is 276 g/mol. The number of para-hydroxylation sites is 1. The van der Waals surface area contributed by atoms with Gasteiger partial charge in [0.2, 0.25) is 0 Å². The zero-order valence-corrected chi connectivity index (χ0v) is 11.6. The van der Waals surface area contributed by atoms with Crippen LogP contribution in [0.15, 0.2) is 30.3 Å². The Bertz CT molecular complexity index is 481. The lowest BCUT2D eigenvalue weighted by Crippen LogP contribution is -2.29. The normalized spacial score (nSPS) is 22.9. The average Bonchev–Trinajstić information content (AvgIpc) is 2.46. The van der Waals surface area contributed by atoms with Crippen LogP contribution in [0, 0.1) is 0 Å². The zero-order chi connectivity index (χ0) is 14.4. The number of benzene rings is 1. The lowest BCUT2D eigenvalue weighted by molar-refractivity contribution is -0.131. The fraction of sp³-hybridized carbons (Fsp3) is 0.438. The van der Waals surface area contributed by atoms with Gasteiger partial charge in [0.25, 0.3) is 0 Å². The van der Waals surface area contributed by atoms with Gasteiger partial charge in [0.15, 0.2) is 0 Å². The second kappa shape index (κ2) is 7.10. The van der Waals surface area contributed by atoms with Crippen molar-refractivity contribution in [2.45, 2.75) is 37.9 Å². The van der Waals surface area contributed by atoms with Crippen LogP contribution in [0.5, 0.6) is 5.75 Å². The van der Waals surface area contributed by atoms with E-state index in [1.807, 2.05) is 24.3 Å². The molecule has 2 atom stereocenters. The number of carboxylic acids is 1. The number of hydrogen-bond donors (Lipinski definition) is 1. The molecule has 0 saturated heterocycles. The largest absolute Gasteiger partial charge is 0.490 e. The summed E-state index contributed by atoms with van der Waals surface area (Å²) in [6.07, 6.45) is 7.15. The Morgan fingerprint density at radius 3 is 2.80 bits per heavy atom. The first-order valence-electron chi connectivity index (χ1n) is 6.88. The minimum Gasteiger partial charge on any atom is -0.490 e. The van der Waals surface area contributed by atoms with Crippen molar-refractivity contribution in [3.63, 3.8) is 0 Å². The van der Waals surface area contributed by atoms with E-state index >= 15 is 0 Å². The maximum absolute atomic E-state index is 10.6. The van der Waals surface area contributed by atoms with Crippen LogP contribution < -0.4 is 4.74 Å². The van der Waals surface area contributed by atoms with Gasteiger partial charge < -0.3 is 14.6 Å². The fourth-order valence-corrected chi connectivity index (χ4v) is 2.49. The highest BCUT2D eigenvalue weighted by molar-refractivity contribution is 5.85. The van der Waals surface area contributed by atoms with E-state index in [1.165, 1.54) is 0 Å². The Labute approximate surface area is 119 Å². The molecule has 0 aromatic heterocycles. The minimum absolute atomic E-state index is 0.132. The molecule has 1 saturated carbocycles. The van der Waals surface area contributed by atoms with Crippen molar-refractivity contribution in [3.05, 3.63) is 35.9 Å². The third-order valence-corrected chi connectivity index (χ3v) is 3.53. The van der Waals surface area contributed by atoms with Gasteiger partial charge in [0, 0.05) is 25.2 Å². The topological polar surface area (TPSA) is 55.8 Å². The smallest absolute Gasteiger partial charge is 0.328 e. The van der Waals surface area contributed by atoms with E-state index in [9.17, 15) is 4.79 Å². The standard InChI is InChI=1S/C16H20O4/c1-19-13-6-4-7-14(11-13)20-15-8-3-2-5-12(15)9-10-16(17)18/h2-3,5,8-10,13-14H,4,6-7,11H2,1H3,(H,17,18). The van der Waals surface area contributed by atoms with Crippen LogP contribution in [0.1, 0.15) is 31.2 Å². The summed E-state index contributed by atoms with van der Waals surface area (Å²) in [7, 11) is 1.73. The van der Waals surface area contributed by atoms with Crippen molar-refractivity contribution in [1.82, 2.24) is 0 Å². The molecule has 4 heteroatoms. The summed E-state index contributed by atoms with van der Waals surface area (Å²) >= 11 is 0. The third-order valence-electron chi connectivity index (χ3n) is 3.53. The molecule has 0 aliphatic heterocycles. The van der Waals surface area contributed by atoms with Gasteiger partial charge in [-0.1, -0.05) is 18.2 Å². The summed E-state index contributed by atoms with van der Waals surface area (Å²) in [6.45, 7) is 0. The first-order chi connectivity index (χ1) is 9.69. The molecule has 1 aliphatic rings. The van der Waals surface area contributed by atoms with Crippen molar-refractivity contribution < 1.29 is 19.4 Å². The van der Waals surface area contributed by atoms with Crippen LogP contribution >= 0.6 is 0 Å². The number of aliphatic carboxylic acids is 1. The molecule has 1 aromatic carbocycles. The highest BCUT2D eigenvalue weighted by Gasteiger charge is 2.23. The summed E-state index contributed by atoms with van der Waals surface area (Å²) in [5, 5.41) is 8.71. The highest BCUT2D eigenvalue weighted by atomic mass is 16.5. The summed E-state index contributed by atoms with van der Waals surface area (Å²) in [6, 6.07) is 7.49. The van der Waals surface area contributed by atoms with E-state index in [0.717, 1.165) is 43.1 Å². The van der Waals surface area contributed by atoms with Crippen LogP contribution in [0.3, 0.4) is 0 Å². The maximum atomic E-state index is 10.6. The van der Waals surface area contributed by atoms with Gasteiger partial charge in [-0.15, -0.1) is 0 Å². The molecule has 1 aromatic rings. The SMILES string of the molecule is COC1CCCC(Oc2ccccc2C=CC(=O)O)C1. The first-order valence-corrected chi connectivity index (χ1v) is 6.88. The molecule has 1 fully saturated rings. The molecule has 0 bridgehead atoms. The fourth-order valence-electron chi connectivity index (χ4n) is 2.49. The van der Waals surface area contributed by atoms with E-state index in [4.69, 9.17) is 14.6 Å². The van der Waals surface area contributed by atoms with Crippen LogP contribution in [0.2, 0.25) is 0 Å². The first kappa shape index (κ1) is 14.6. The molecule has 4 nitrogen and oxygen atoms in total. The number of hydrogen-bond acceptors (Lipinski definition) is 3. The van der Waals surface area contributed by atoms with E-state index in [0.29, 0.717) is 0 Å². The van der Waals surface area contributed by atoms with Crippen molar-refractivity contribution in [3.8, 4) is 5.75 Å². The maximum Gasteiger partial charge on any atom is 0.328 e. The van der Waals surface area contributed by atoms with Crippen LogP contribution in [0.25, 0.3) is 6.08 Å². The third kappa shape index (κ3) is 4.10. The average molecular weight is 276 g/mol. The zero-order valence-electron chi connectivity index (χ0n) is 11.6. The summed E-state index contributed by atoms with van der Waals surface area (Å²) in [4.78, 5) is 10.6. The molecule has 20 heavy (non-hydrogen) atoms. The number of rotatable bonds is 5. The van der Waals surface area contributed by atoms with Crippen LogP contribution in [0.4, 0.5) is 0 Å². The van der Waals surface area contributed by atoms with Crippen molar-refractivity contribution in [1.29, 1.82) is 0 Å². The minimum atomic E-state index is -0.961. The van der Waals surface area contributed by atoms with E-state index < -0.39 is 5.97 Å². The molecule has 108 valence electrons. The van der Waals surface area contributed by atoms with E-state index in [2.05, 4.69) is 0 Å². The molecule has 0 spiro atoms. The van der Waals surface area contributed by atoms with Crippen LogP contribution in [-0.4, -0.2) is 30.4 Å². The van der Waals surface area contributed by atoms with Gasteiger partial charge in [0.05, 0.1) is 6.10 Å². The molecule has 0 amide bonds. The molecule has 1 aliphatic carbocycles. The second-order valence-electron chi connectivity index (χ2n) is 4.97. The second-order valence-corrected chi connectivity index (χ2v) is 4.97. The molecular weight excluding hydrogens is 256 g/mol. The van der Waals surface area contributed by atoms with Crippen molar-refractivity contribution >= 4 is 12.0 Å². The predicted molar refractivity (Wildman–Crippen MR) is 76.8 cm³/mol. The molecule has 0 heterocycles. The van der Waals surface area contributed by atoms with Gasteiger partial charge in [0.1, 0.15) is 11.9 Å². The Morgan fingerprint density at radius 2 is 2.05 bits per heavy atom. The van der Waals surface area contributed by atoms with Gasteiger partial charge in [-0.3, -0.25) is 0 Å². The van der Waals surface area contributed by atoms with Gasteiger partial charge in [-0.2, -0.15) is 0 Å². The molecule has 2 rings (SSSR count). The van der Waals surface area contributed by atoms with Crippen molar-refractivity contribution in [2.24, 2.45) is 0 Å². The molecular formula is C16H20O4. The number of ether oxygens (including phenoxy) is 2. The molecule has 1 N–H and O–H groups in total. The lowest BCUT2D eigenvalue weighted by Gasteiger charge is -2.29. The Balaban J connectivity index is 2.07. The molecule has 0 radical (unpaired) electrons. The van der Waals surface area contributed by atoms with Crippen LogP contribution in [-0.2, 0) is 9.53 Å². The molecule has 2 unspecified atom stereocenters. The lowest BCUT2D eigenvalue weighted by atomic mass is 9.95. The Morgan fingerprint density at radius 1 is 1.30 bits per heavy atom. The summed E-state index contributed by atoms with van der Waals surface area (Å²) in [5.74, 6) is -0.233. The predicted octanol–water partition coefficient (Wildman–Crippen LogP) is 3.12. The quantitative estimate of drug-likeness (QED) is 0.839. The number of methoxy groups -OCH3 is 1. The van der Waals surface area contributed by atoms with Gasteiger partial charge in [-0.25, -0.2) is 4.79 Å². The Kier molecular flexibility index (Phi) is 5.18. The van der Waals surface area contributed by atoms with Gasteiger partial charge >= 0.3 is 5.97 Å². The number of carboxylic acid groups (broad SMARTS) is 1. The van der Waals surface area contributed by atoms with E-state index in [-0.39, 0.29) is 12.2 Å². The Hall–Kier alpha value is -1.81. The summed E-state index contributed by atoms with van der Waals surface area (Å²) < 4.78 is 11.4. The van der Waals surface area contributed by atoms with Crippen molar-refractivity contribution in [2.75, 3.05) is 7.11 Å². The number of carbonyl (C=O) groups is 1. The summed E-state index contributed by atoms with van der Waals surface area (Å²) in [5.41, 5.74) is 0.787. The van der Waals surface area contributed by atoms with E-state index in [1.54, 1.807) is 13.2 Å².